The van der Waals surface area contributed by atoms with E-state index in [9.17, 15) is 23.6 Å². The average Bonchev–Trinajstić information content (AvgIpc) is 3.46. The average molecular weight is 656 g/mol. The number of hydrogen-bond acceptors (Lipinski definition) is 6. The second-order valence-corrected chi connectivity index (χ2v) is 12.6. The molecule has 1 aliphatic heterocycles. The topological polar surface area (TPSA) is 136 Å². The largest absolute Gasteiger partial charge is 0.336 e. The summed E-state index contributed by atoms with van der Waals surface area (Å²) in [7, 11) is 0. The van der Waals surface area contributed by atoms with Gasteiger partial charge in [0.2, 0.25) is 0 Å². The molecule has 0 saturated carbocycles. The van der Waals surface area contributed by atoms with Gasteiger partial charge in [-0.25, -0.2) is 14.2 Å². The first-order valence-electron chi connectivity index (χ1n) is 16.3. The summed E-state index contributed by atoms with van der Waals surface area (Å²) >= 11 is 0. The number of halogens is 1. The molecule has 0 aliphatic carbocycles. The van der Waals surface area contributed by atoms with Crippen molar-refractivity contribution in [2.75, 3.05) is 32.7 Å². The van der Waals surface area contributed by atoms with Gasteiger partial charge in [0, 0.05) is 55.6 Å². The molecule has 3 heterocycles. The molecule has 0 radical (unpaired) electrons. The number of nitrogens with one attached hydrogen (secondary N) is 3. The first kappa shape index (κ1) is 34.2. The summed E-state index contributed by atoms with van der Waals surface area (Å²) in [5.41, 5.74) is 1.84. The number of aromatic nitrogens is 4. The Balaban J connectivity index is 1.29. The molecule has 5 rings (SSSR count). The molecule has 0 bridgehead atoms. The third-order valence-corrected chi connectivity index (χ3v) is 8.23. The van der Waals surface area contributed by atoms with Crippen molar-refractivity contribution in [3.8, 4) is 0 Å². The Morgan fingerprint density at radius 2 is 1.56 bits per heavy atom. The highest BCUT2D eigenvalue weighted by molar-refractivity contribution is 6.09. The van der Waals surface area contributed by atoms with Gasteiger partial charge in [-0.05, 0) is 80.8 Å². The number of aryl methyl sites for hydroxylation is 1. The number of hydrogen-bond donors (Lipinski definition) is 3. The number of ketones is 1. The Hall–Kier alpha value is -5.10. The molecule has 12 heteroatoms. The van der Waals surface area contributed by atoms with E-state index in [2.05, 4.69) is 43.6 Å². The fourth-order valence-electron chi connectivity index (χ4n) is 5.84. The number of carbonyl (C=O) groups is 2. The van der Waals surface area contributed by atoms with E-state index in [4.69, 9.17) is 0 Å². The van der Waals surface area contributed by atoms with Crippen molar-refractivity contribution in [1.29, 1.82) is 0 Å². The van der Waals surface area contributed by atoms with Gasteiger partial charge in [0.05, 0.1) is 12.0 Å². The first-order chi connectivity index (χ1) is 23.0. The highest BCUT2D eigenvalue weighted by atomic mass is 19.1. The maximum atomic E-state index is 13.3. The van der Waals surface area contributed by atoms with E-state index in [1.807, 2.05) is 18.7 Å². The molecule has 48 heavy (non-hydrogen) atoms. The summed E-state index contributed by atoms with van der Waals surface area (Å²) in [6.45, 7) is 12.7. The number of benzene rings is 2. The van der Waals surface area contributed by atoms with Gasteiger partial charge in [-0.1, -0.05) is 32.0 Å². The molecule has 2 aromatic carbocycles. The Morgan fingerprint density at radius 1 is 0.896 bits per heavy atom. The van der Waals surface area contributed by atoms with Crippen molar-refractivity contribution in [3.63, 3.8) is 0 Å². The minimum atomic E-state index is -0.497. The lowest BCUT2D eigenvalue weighted by Gasteiger charge is -2.35. The molecule has 1 aliphatic rings. The third-order valence-electron chi connectivity index (χ3n) is 8.23. The van der Waals surface area contributed by atoms with Gasteiger partial charge in [0.1, 0.15) is 16.5 Å². The molecule has 11 nitrogen and oxygen atoms in total. The van der Waals surface area contributed by atoms with E-state index in [0.717, 1.165) is 38.3 Å². The number of urea groups is 1. The molecular weight excluding hydrogens is 613 g/mol. The van der Waals surface area contributed by atoms with Crippen LogP contribution < -0.4 is 27.1 Å². The quantitative estimate of drug-likeness (QED) is 0.225. The number of amides is 2. The summed E-state index contributed by atoms with van der Waals surface area (Å²) in [5, 5.41) is 3.08. The minimum absolute atomic E-state index is 0.0103. The zero-order valence-electron chi connectivity index (χ0n) is 27.8. The molecule has 0 atom stereocenters. The van der Waals surface area contributed by atoms with Crippen LogP contribution in [0.2, 0.25) is 0 Å². The van der Waals surface area contributed by atoms with Crippen LogP contribution in [0.4, 0.5) is 9.18 Å². The Bertz CT molecular complexity index is 2000. The van der Waals surface area contributed by atoms with Crippen molar-refractivity contribution in [3.05, 3.63) is 120 Å². The Labute approximate surface area is 277 Å². The summed E-state index contributed by atoms with van der Waals surface area (Å²) in [6, 6.07) is 12.0. The number of piperazine rings is 1. The molecule has 2 amide bonds. The van der Waals surface area contributed by atoms with E-state index in [-0.39, 0.29) is 34.5 Å². The van der Waals surface area contributed by atoms with Gasteiger partial charge in [-0.15, -0.1) is 0 Å². The molecule has 1 fully saturated rings. The van der Waals surface area contributed by atoms with Gasteiger partial charge in [-0.3, -0.25) is 19.3 Å². The van der Waals surface area contributed by atoms with Crippen molar-refractivity contribution in [2.24, 2.45) is 0 Å². The number of nitrogens with zero attached hydrogens (tertiary/aromatic N) is 4. The van der Waals surface area contributed by atoms with Crippen LogP contribution >= 0.6 is 0 Å². The van der Waals surface area contributed by atoms with Crippen molar-refractivity contribution < 1.29 is 14.0 Å². The van der Waals surface area contributed by atoms with Crippen LogP contribution in [0, 0.1) is 5.82 Å². The first-order valence-corrected chi connectivity index (χ1v) is 16.3. The molecule has 252 valence electrons. The van der Waals surface area contributed by atoms with Crippen molar-refractivity contribution in [2.45, 2.75) is 52.6 Å². The van der Waals surface area contributed by atoms with E-state index >= 15 is 0 Å². The Kier molecular flexibility index (Phi) is 10.8. The van der Waals surface area contributed by atoms with Crippen LogP contribution in [0.3, 0.4) is 0 Å². The molecular formula is C36H42FN7O4. The fraction of sp³-hybridized carbons (Fsp3) is 0.361. The van der Waals surface area contributed by atoms with E-state index < -0.39 is 16.9 Å². The zero-order valence-corrected chi connectivity index (χ0v) is 27.8. The van der Waals surface area contributed by atoms with Gasteiger partial charge in [0.15, 0.2) is 5.78 Å². The second kappa shape index (κ2) is 15.2. The summed E-state index contributed by atoms with van der Waals surface area (Å²) in [5.74, 6) is -0.604. The number of carbonyl (C=O) groups excluding carboxylic acids is 2. The van der Waals surface area contributed by atoms with E-state index in [1.165, 1.54) is 30.3 Å². The predicted octanol–water partition coefficient (Wildman–Crippen LogP) is 2.54. The smallest absolute Gasteiger partial charge is 0.317 e. The van der Waals surface area contributed by atoms with E-state index in [0.29, 0.717) is 35.5 Å². The molecule has 0 unspecified atom stereocenters. The Morgan fingerprint density at radius 3 is 2.21 bits per heavy atom. The van der Waals surface area contributed by atoms with Gasteiger partial charge >= 0.3 is 6.03 Å². The highest BCUT2D eigenvalue weighted by Gasteiger charge is 2.21. The molecule has 4 aromatic rings. The van der Waals surface area contributed by atoms with Crippen LogP contribution in [-0.4, -0.2) is 79.9 Å². The second-order valence-electron chi connectivity index (χ2n) is 12.6. The number of aromatic amines is 2. The normalized spacial score (nSPS) is 14.7. The highest BCUT2D eigenvalue weighted by Crippen LogP contribution is 2.20. The van der Waals surface area contributed by atoms with Crippen molar-refractivity contribution in [1.82, 2.24) is 34.6 Å². The zero-order chi connectivity index (χ0) is 34.4. The van der Waals surface area contributed by atoms with Crippen LogP contribution in [-0.2, 0) is 6.54 Å². The lowest BCUT2D eigenvalue weighted by atomic mass is 10.0. The molecule has 3 N–H and O–H groups in total. The summed E-state index contributed by atoms with van der Waals surface area (Å²) < 4.78 is 15.4. The summed E-state index contributed by atoms with van der Waals surface area (Å²) in [4.78, 5) is 65.4. The number of H-pyrrole nitrogens is 2. The van der Waals surface area contributed by atoms with Gasteiger partial charge in [0.25, 0.3) is 11.1 Å². The fourth-order valence-corrected chi connectivity index (χ4v) is 5.84. The number of imidazole rings is 1. The molecule has 2 aromatic heterocycles. The standard InChI is InChI=1S/C36H42FN7O4/c1-23(2)32-29(38-22-44(32)14-6-13-42-15-17-43(18-16-42)36(48)39-24(3)4)21-31-35(47)40-30(34(46)41-31)20-25-7-5-8-27(19-25)33(45)26-9-11-28(37)12-10-26/h5,7-12,19-24H,6,13-18H2,1-4H3,(H,39,48)(H,40,47)(H,41,46)/b30-20-,31-21-. The molecule has 1 saturated heterocycles. The minimum Gasteiger partial charge on any atom is -0.336 e. The number of rotatable bonds is 10. The lowest BCUT2D eigenvalue weighted by molar-refractivity contribution is 0.103. The molecule has 0 spiro atoms. The van der Waals surface area contributed by atoms with Crippen LogP contribution in [0.25, 0.3) is 12.2 Å². The monoisotopic (exact) mass is 655 g/mol. The van der Waals surface area contributed by atoms with Crippen LogP contribution in [0.5, 0.6) is 0 Å². The van der Waals surface area contributed by atoms with Gasteiger partial charge < -0.3 is 24.8 Å². The van der Waals surface area contributed by atoms with Crippen molar-refractivity contribution >= 4 is 24.0 Å². The third kappa shape index (κ3) is 8.43. The van der Waals surface area contributed by atoms with E-state index in [1.54, 1.807) is 36.7 Å². The maximum absolute atomic E-state index is 13.3. The summed E-state index contributed by atoms with van der Waals surface area (Å²) in [6.07, 6.45) is 5.76. The van der Waals surface area contributed by atoms with Gasteiger partial charge in [-0.2, -0.15) is 0 Å². The van der Waals surface area contributed by atoms with Crippen LogP contribution in [0.15, 0.2) is 64.4 Å². The maximum Gasteiger partial charge on any atom is 0.317 e. The lowest BCUT2D eigenvalue weighted by Crippen LogP contribution is -2.52. The predicted molar refractivity (Wildman–Crippen MR) is 183 cm³/mol. The SMILES string of the molecule is CC(C)NC(=O)N1CCN(CCCn2cnc(/C=c3\[nH]c(=O)/c(=C/c4cccc(C(=O)c5ccc(F)cc5)c4)[nH]c3=O)c2C(C)C)CC1. The van der Waals surface area contributed by atoms with Crippen LogP contribution in [0.1, 0.15) is 72.9 Å².